The molecular formula is C32H27F3N10O2. The molecule has 0 radical (unpaired) electrons. The number of hydrogen-bond acceptors (Lipinski definition) is 9. The van der Waals surface area contributed by atoms with Crippen molar-refractivity contribution in [3.05, 3.63) is 82.6 Å². The summed E-state index contributed by atoms with van der Waals surface area (Å²) in [6.07, 6.45) is 4.91. The summed E-state index contributed by atoms with van der Waals surface area (Å²) >= 11 is 0. The molecule has 1 aromatic carbocycles. The molecule has 2 fully saturated rings. The average Bonchev–Trinajstić information content (AvgIpc) is 4.00. The molecule has 0 bridgehead atoms. The number of aromatic nitrogens is 10. The van der Waals surface area contributed by atoms with E-state index in [2.05, 4.69) is 30.2 Å². The Hall–Kier alpha value is -5.47. The number of halogens is 3. The predicted octanol–water partition coefficient (Wildman–Crippen LogP) is 5.20. The summed E-state index contributed by atoms with van der Waals surface area (Å²) in [6.45, 7) is 0.114. The molecule has 2 saturated carbocycles. The van der Waals surface area contributed by atoms with Gasteiger partial charge in [-0.25, -0.2) is 24.9 Å². The number of methoxy groups -OCH3 is 1. The van der Waals surface area contributed by atoms with Crippen molar-refractivity contribution in [3.8, 4) is 39.9 Å². The fourth-order valence-electron chi connectivity index (χ4n) is 5.81. The van der Waals surface area contributed by atoms with E-state index in [-0.39, 0.29) is 29.9 Å². The first-order valence-corrected chi connectivity index (χ1v) is 15.1. The third kappa shape index (κ3) is 5.30. The zero-order valence-electron chi connectivity index (χ0n) is 25.3. The molecule has 0 amide bonds. The normalized spacial score (nSPS) is 15.0. The van der Waals surface area contributed by atoms with Gasteiger partial charge in [0, 0.05) is 42.4 Å². The van der Waals surface area contributed by atoms with Crippen molar-refractivity contribution in [2.24, 2.45) is 7.05 Å². The fourth-order valence-corrected chi connectivity index (χ4v) is 5.81. The van der Waals surface area contributed by atoms with Crippen LogP contribution in [0.5, 0.6) is 5.88 Å². The van der Waals surface area contributed by atoms with Crippen molar-refractivity contribution in [1.82, 2.24) is 49.0 Å². The first-order chi connectivity index (χ1) is 22.7. The van der Waals surface area contributed by atoms with Crippen LogP contribution < -0.4 is 10.3 Å². The van der Waals surface area contributed by atoms with Gasteiger partial charge in [-0.2, -0.15) is 13.2 Å². The number of nitrogens with zero attached hydrogens (tertiary/aromatic N) is 10. The van der Waals surface area contributed by atoms with Crippen LogP contribution in [0.2, 0.25) is 0 Å². The van der Waals surface area contributed by atoms with Crippen LogP contribution in [0.3, 0.4) is 0 Å². The van der Waals surface area contributed by atoms with E-state index in [9.17, 15) is 18.0 Å². The van der Waals surface area contributed by atoms with E-state index in [4.69, 9.17) is 9.72 Å². The molecule has 2 aliphatic rings. The number of pyridine rings is 1. The predicted molar refractivity (Wildman–Crippen MR) is 163 cm³/mol. The first kappa shape index (κ1) is 29.0. The molecule has 15 heteroatoms. The second-order valence-corrected chi connectivity index (χ2v) is 11.9. The van der Waals surface area contributed by atoms with Crippen LogP contribution >= 0.6 is 0 Å². The molecule has 12 nitrogen and oxygen atoms in total. The number of imidazole rings is 1. The van der Waals surface area contributed by atoms with E-state index in [0.29, 0.717) is 45.1 Å². The van der Waals surface area contributed by atoms with Crippen molar-refractivity contribution in [3.63, 3.8) is 0 Å². The zero-order valence-corrected chi connectivity index (χ0v) is 25.3. The van der Waals surface area contributed by atoms with Crippen LogP contribution in [0, 0.1) is 0 Å². The van der Waals surface area contributed by atoms with Crippen molar-refractivity contribution >= 4 is 11.0 Å². The van der Waals surface area contributed by atoms with Crippen LogP contribution in [-0.4, -0.2) is 56.2 Å². The standard InChI is InChI=1S/C32H27F3N10O2/c1-43-14-23(41-42-43)22-11-20-12-36-27(25-26(18-7-8-18)37-16-38-30(25)47-2)40-29(20)45(31(22)46)13-17-3-5-19(6-4-17)28-39-24(32(33,34)35)15-44(28)21-9-10-21/h3-6,11-12,14-16,18,21H,7-10,13H2,1-2H3. The van der Waals surface area contributed by atoms with Crippen molar-refractivity contribution < 1.29 is 17.9 Å². The summed E-state index contributed by atoms with van der Waals surface area (Å²) in [5.41, 5.74) is 2.51. The van der Waals surface area contributed by atoms with Crippen molar-refractivity contribution in [2.75, 3.05) is 7.11 Å². The summed E-state index contributed by atoms with van der Waals surface area (Å²) in [5, 5.41) is 8.75. The topological polar surface area (TPSA) is 131 Å². The number of fused-ring (bicyclic) bond motifs is 1. The smallest absolute Gasteiger partial charge is 0.434 e. The molecule has 6 aromatic rings. The highest BCUT2D eigenvalue weighted by Gasteiger charge is 2.37. The lowest BCUT2D eigenvalue weighted by Crippen LogP contribution is -2.24. The Balaban J connectivity index is 1.24. The Morgan fingerprint density at radius 3 is 2.45 bits per heavy atom. The van der Waals surface area contributed by atoms with E-state index in [1.165, 1.54) is 18.1 Å². The number of aryl methyl sites for hydroxylation is 1. The highest BCUT2D eigenvalue weighted by molar-refractivity contribution is 5.82. The van der Waals surface area contributed by atoms with Gasteiger partial charge in [0.2, 0.25) is 5.88 Å². The summed E-state index contributed by atoms with van der Waals surface area (Å²) in [4.78, 5) is 36.4. The van der Waals surface area contributed by atoms with Gasteiger partial charge in [-0.15, -0.1) is 5.10 Å². The molecule has 0 aliphatic heterocycles. The summed E-state index contributed by atoms with van der Waals surface area (Å²) in [6, 6.07) is 8.72. The van der Waals surface area contributed by atoms with Crippen LogP contribution in [0.25, 0.3) is 45.1 Å². The number of rotatable bonds is 8. The van der Waals surface area contributed by atoms with E-state index in [1.54, 1.807) is 58.9 Å². The van der Waals surface area contributed by atoms with Crippen LogP contribution in [0.15, 0.2) is 60.0 Å². The molecule has 0 N–H and O–H groups in total. The molecule has 0 saturated heterocycles. The maximum atomic E-state index is 14.1. The summed E-state index contributed by atoms with van der Waals surface area (Å²) in [5.74, 6) is 1.20. The minimum absolute atomic E-state index is 0.00462. The lowest BCUT2D eigenvalue weighted by atomic mass is 10.1. The zero-order chi connectivity index (χ0) is 32.4. The number of benzene rings is 1. The van der Waals surface area contributed by atoms with E-state index >= 15 is 0 Å². The lowest BCUT2D eigenvalue weighted by molar-refractivity contribution is -0.140. The summed E-state index contributed by atoms with van der Waals surface area (Å²) < 4.78 is 50.8. The molecule has 0 unspecified atom stereocenters. The molecule has 5 aromatic heterocycles. The molecule has 238 valence electrons. The molecule has 0 atom stereocenters. The molecule has 8 rings (SSSR count). The van der Waals surface area contributed by atoms with E-state index in [0.717, 1.165) is 43.1 Å². The van der Waals surface area contributed by atoms with Crippen LogP contribution in [0.4, 0.5) is 13.2 Å². The second kappa shape index (κ2) is 10.8. The van der Waals surface area contributed by atoms with Gasteiger partial charge in [0.1, 0.15) is 29.1 Å². The lowest BCUT2D eigenvalue weighted by Gasteiger charge is -2.15. The van der Waals surface area contributed by atoms with Gasteiger partial charge in [0.05, 0.1) is 31.1 Å². The molecule has 47 heavy (non-hydrogen) atoms. The Labute approximate surface area is 264 Å². The maximum Gasteiger partial charge on any atom is 0.434 e. The largest absolute Gasteiger partial charge is 0.480 e. The molecular weight excluding hydrogens is 613 g/mol. The van der Waals surface area contributed by atoms with Gasteiger partial charge in [-0.1, -0.05) is 29.5 Å². The third-order valence-corrected chi connectivity index (χ3v) is 8.44. The number of alkyl halides is 3. The van der Waals surface area contributed by atoms with Gasteiger partial charge < -0.3 is 9.30 Å². The quantitative estimate of drug-likeness (QED) is 0.220. The van der Waals surface area contributed by atoms with Gasteiger partial charge in [0.25, 0.3) is 5.56 Å². The second-order valence-electron chi connectivity index (χ2n) is 11.9. The summed E-state index contributed by atoms with van der Waals surface area (Å²) in [7, 11) is 3.24. The van der Waals surface area contributed by atoms with E-state index in [1.807, 2.05) is 0 Å². The SMILES string of the molecule is COc1ncnc(C2CC2)c1-c1ncc2cc(-c3cn(C)nn3)c(=O)n(Cc3ccc(-c4nc(C(F)(F)F)cn4C4CC4)cc3)c2n1. The Morgan fingerprint density at radius 1 is 1.00 bits per heavy atom. The van der Waals surface area contributed by atoms with Crippen molar-refractivity contribution in [2.45, 2.75) is 50.4 Å². The molecule has 2 aliphatic carbocycles. The molecule has 0 spiro atoms. The fraction of sp³-hybridized carbons (Fsp3) is 0.312. The van der Waals surface area contributed by atoms with Crippen LogP contribution in [0.1, 0.15) is 54.6 Å². The number of ether oxygens (including phenoxy) is 1. The van der Waals surface area contributed by atoms with Gasteiger partial charge in [0.15, 0.2) is 11.5 Å². The Bertz CT molecular complexity index is 2210. The Kier molecular flexibility index (Phi) is 6.66. The Morgan fingerprint density at radius 2 is 1.79 bits per heavy atom. The van der Waals surface area contributed by atoms with Gasteiger partial charge in [-0.3, -0.25) is 14.0 Å². The highest BCUT2D eigenvalue weighted by Crippen LogP contribution is 2.45. The van der Waals surface area contributed by atoms with Gasteiger partial charge >= 0.3 is 6.18 Å². The highest BCUT2D eigenvalue weighted by atomic mass is 19.4. The third-order valence-electron chi connectivity index (χ3n) is 8.44. The average molecular weight is 641 g/mol. The minimum atomic E-state index is -4.54. The van der Waals surface area contributed by atoms with Crippen molar-refractivity contribution in [1.29, 1.82) is 0 Å². The first-order valence-electron chi connectivity index (χ1n) is 15.1. The monoisotopic (exact) mass is 640 g/mol. The number of hydrogen-bond donors (Lipinski definition) is 0. The maximum absolute atomic E-state index is 14.1. The van der Waals surface area contributed by atoms with Crippen LogP contribution in [-0.2, 0) is 19.8 Å². The molecule has 5 heterocycles. The van der Waals surface area contributed by atoms with E-state index < -0.39 is 11.9 Å². The minimum Gasteiger partial charge on any atom is -0.480 e. The van der Waals surface area contributed by atoms with Gasteiger partial charge in [-0.05, 0) is 37.3 Å².